The van der Waals surface area contributed by atoms with E-state index in [1.165, 1.54) is 12.8 Å². The van der Waals surface area contributed by atoms with Gasteiger partial charge >= 0.3 is 0 Å². The average Bonchev–Trinajstić information content (AvgIpc) is 3.25. The predicted molar refractivity (Wildman–Crippen MR) is 79.6 cm³/mol. The van der Waals surface area contributed by atoms with Gasteiger partial charge in [0.2, 0.25) is 0 Å². The van der Waals surface area contributed by atoms with E-state index in [1.54, 1.807) is 18.0 Å². The van der Waals surface area contributed by atoms with Gasteiger partial charge in [0.05, 0.1) is 0 Å². The van der Waals surface area contributed by atoms with Gasteiger partial charge in [-0.2, -0.15) is 0 Å². The Morgan fingerprint density at radius 1 is 1.26 bits per heavy atom. The minimum Gasteiger partial charge on any atom is -0.373 e. The molecule has 0 aliphatic heterocycles. The van der Waals surface area contributed by atoms with Crippen LogP contribution in [0.3, 0.4) is 0 Å². The Balaban J connectivity index is 1.86. The second-order valence-electron chi connectivity index (χ2n) is 4.39. The zero-order valence-corrected chi connectivity index (χ0v) is 12.8. The number of nitrogens with one attached hydrogen (secondary N) is 1. The molecule has 0 amide bonds. The number of anilines is 1. The minimum atomic E-state index is 0.547. The summed E-state index contributed by atoms with van der Waals surface area (Å²) in [5, 5.41) is 4.97. The SMILES string of the molecule is CNc1cc(Sc2ccc(Br)cn2)nc(C2CC2)n1. The van der Waals surface area contributed by atoms with Gasteiger partial charge in [0.25, 0.3) is 0 Å². The van der Waals surface area contributed by atoms with Gasteiger partial charge in [-0.25, -0.2) is 15.0 Å². The third-order valence-electron chi connectivity index (χ3n) is 2.83. The number of hydrogen-bond donors (Lipinski definition) is 1. The quantitative estimate of drug-likeness (QED) is 0.862. The van der Waals surface area contributed by atoms with Crippen molar-refractivity contribution in [3.63, 3.8) is 0 Å². The predicted octanol–water partition coefficient (Wildman–Crippen LogP) is 3.70. The first-order valence-electron chi connectivity index (χ1n) is 6.11. The van der Waals surface area contributed by atoms with Crippen LogP contribution in [0.5, 0.6) is 0 Å². The van der Waals surface area contributed by atoms with Gasteiger partial charge in [-0.3, -0.25) is 0 Å². The molecule has 4 nitrogen and oxygen atoms in total. The van der Waals surface area contributed by atoms with Crippen LogP contribution in [0.2, 0.25) is 0 Å². The topological polar surface area (TPSA) is 50.7 Å². The van der Waals surface area contributed by atoms with E-state index in [0.29, 0.717) is 5.92 Å². The van der Waals surface area contributed by atoms with Crippen molar-refractivity contribution in [2.24, 2.45) is 0 Å². The lowest BCUT2D eigenvalue weighted by atomic mass is 10.4. The summed E-state index contributed by atoms with van der Waals surface area (Å²) < 4.78 is 0.981. The first-order chi connectivity index (χ1) is 9.24. The van der Waals surface area contributed by atoms with Gasteiger partial charge in [0.1, 0.15) is 21.7 Å². The molecule has 1 N–H and O–H groups in total. The summed E-state index contributed by atoms with van der Waals surface area (Å²) in [6.45, 7) is 0. The van der Waals surface area contributed by atoms with Crippen LogP contribution in [-0.4, -0.2) is 22.0 Å². The van der Waals surface area contributed by atoms with E-state index in [1.807, 2.05) is 25.2 Å². The Bertz CT molecular complexity index is 584. The minimum absolute atomic E-state index is 0.547. The summed E-state index contributed by atoms with van der Waals surface area (Å²) in [6, 6.07) is 5.92. The maximum atomic E-state index is 4.62. The van der Waals surface area contributed by atoms with E-state index in [-0.39, 0.29) is 0 Å². The Morgan fingerprint density at radius 2 is 2.11 bits per heavy atom. The fourth-order valence-electron chi connectivity index (χ4n) is 1.68. The van der Waals surface area contributed by atoms with Crippen LogP contribution in [0.15, 0.2) is 38.9 Å². The summed E-state index contributed by atoms with van der Waals surface area (Å²) in [5.41, 5.74) is 0. The summed E-state index contributed by atoms with van der Waals surface area (Å²) in [6.07, 6.45) is 4.20. The lowest BCUT2D eigenvalue weighted by molar-refractivity contribution is 0.879. The molecule has 0 radical (unpaired) electrons. The molecule has 19 heavy (non-hydrogen) atoms. The van der Waals surface area contributed by atoms with Gasteiger partial charge in [-0.1, -0.05) is 0 Å². The molecule has 98 valence electrons. The fraction of sp³-hybridized carbons (Fsp3) is 0.308. The zero-order valence-electron chi connectivity index (χ0n) is 10.4. The second kappa shape index (κ2) is 5.46. The monoisotopic (exact) mass is 336 g/mol. The first kappa shape index (κ1) is 12.9. The van der Waals surface area contributed by atoms with Gasteiger partial charge in [0.15, 0.2) is 0 Å². The van der Waals surface area contributed by atoms with Crippen molar-refractivity contribution in [1.29, 1.82) is 0 Å². The molecule has 0 atom stereocenters. The molecule has 2 aromatic rings. The summed E-state index contributed by atoms with van der Waals surface area (Å²) >= 11 is 4.95. The van der Waals surface area contributed by atoms with Crippen LogP contribution in [0, 0.1) is 0 Å². The molecule has 0 unspecified atom stereocenters. The van der Waals surface area contributed by atoms with Crippen LogP contribution >= 0.6 is 27.7 Å². The molecule has 1 saturated carbocycles. The van der Waals surface area contributed by atoms with Crippen LogP contribution in [-0.2, 0) is 0 Å². The number of pyridine rings is 1. The van der Waals surface area contributed by atoms with E-state index in [0.717, 1.165) is 26.2 Å². The van der Waals surface area contributed by atoms with Crippen molar-refractivity contribution in [2.75, 3.05) is 12.4 Å². The molecule has 6 heteroatoms. The molecule has 2 aromatic heterocycles. The molecule has 1 aliphatic carbocycles. The Labute approximate surface area is 124 Å². The van der Waals surface area contributed by atoms with Gasteiger partial charge < -0.3 is 5.32 Å². The largest absolute Gasteiger partial charge is 0.373 e. The standard InChI is InChI=1S/C13H13BrN4S/c1-15-10-6-12(18-13(17-10)8-2-3-8)19-11-5-4-9(14)7-16-11/h4-8H,2-3H2,1H3,(H,15,17,18). The Kier molecular flexibility index (Phi) is 3.70. The van der Waals surface area contributed by atoms with Gasteiger partial charge in [-0.05, 0) is 52.7 Å². The normalized spacial score (nSPS) is 14.4. The number of nitrogens with zero attached hydrogens (tertiary/aromatic N) is 3. The van der Waals surface area contributed by atoms with Crippen molar-refractivity contribution < 1.29 is 0 Å². The number of halogens is 1. The van der Waals surface area contributed by atoms with Crippen molar-refractivity contribution in [2.45, 2.75) is 28.8 Å². The molecule has 0 bridgehead atoms. The van der Waals surface area contributed by atoms with Gasteiger partial charge in [0, 0.05) is 29.7 Å². The number of aromatic nitrogens is 3. The van der Waals surface area contributed by atoms with E-state index < -0.39 is 0 Å². The van der Waals surface area contributed by atoms with E-state index in [9.17, 15) is 0 Å². The first-order valence-corrected chi connectivity index (χ1v) is 7.71. The van der Waals surface area contributed by atoms with Crippen molar-refractivity contribution in [1.82, 2.24) is 15.0 Å². The highest BCUT2D eigenvalue weighted by Gasteiger charge is 2.27. The molecule has 0 aromatic carbocycles. The molecule has 1 fully saturated rings. The van der Waals surface area contributed by atoms with Crippen LogP contribution in [0.1, 0.15) is 24.6 Å². The third-order valence-corrected chi connectivity index (χ3v) is 4.17. The highest BCUT2D eigenvalue weighted by atomic mass is 79.9. The highest BCUT2D eigenvalue weighted by molar-refractivity contribution is 9.10. The highest BCUT2D eigenvalue weighted by Crippen LogP contribution is 2.39. The maximum Gasteiger partial charge on any atom is 0.135 e. The van der Waals surface area contributed by atoms with Crippen LogP contribution in [0.4, 0.5) is 5.82 Å². The van der Waals surface area contributed by atoms with E-state index in [2.05, 4.69) is 36.2 Å². The van der Waals surface area contributed by atoms with E-state index in [4.69, 9.17) is 0 Å². The molecule has 0 spiro atoms. The fourth-order valence-corrected chi connectivity index (χ4v) is 2.68. The maximum absolute atomic E-state index is 4.62. The van der Waals surface area contributed by atoms with E-state index >= 15 is 0 Å². The summed E-state index contributed by atoms with van der Waals surface area (Å²) in [7, 11) is 1.88. The molecular formula is C13H13BrN4S. The van der Waals surface area contributed by atoms with Crippen LogP contribution in [0.25, 0.3) is 0 Å². The average molecular weight is 337 g/mol. The van der Waals surface area contributed by atoms with Crippen molar-refractivity contribution in [3.05, 3.63) is 34.7 Å². The molecule has 2 heterocycles. The third kappa shape index (κ3) is 3.25. The Hall–Kier alpha value is -1.14. The molecule has 1 aliphatic rings. The lowest BCUT2D eigenvalue weighted by Crippen LogP contribution is -2.00. The number of hydrogen-bond acceptors (Lipinski definition) is 5. The molecular weight excluding hydrogens is 324 g/mol. The Morgan fingerprint density at radius 3 is 2.74 bits per heavy atom. The zero-order chi connectivity index (χ0) is 13.2. The van der Waals surface area contributed by atoms with Gasteiger partial charge in [-0.15, -0.1) is 0 Å². The van der Waals surface area contributed by atoms with Crippen LogP contribution < -0.4 is 5.32 Å². The van der Waals surface area contributed by atoms with Crippen molar-refractivity contribution in [3.8, 4) is 0 Å². The number of rotatable bonds is 4. The molecule has 0 saturated heterocycles. The lowest BCUT2D eigenvalue weighted by Gasteiger charge is -2.06. The smallest absolute Gasteiger partial charge is 0.135 e. The molecule has 3 rings (SSSR count). The summed E-state index contributed by atoms with van der Waals surface area (Å²) in [4.78, 5) is 13.5. The van der Waals surface area contributed by atoms with Crippen molar-refractivity contribution >= 4 is 33.5 Å². The second-order valence-corrected chi connectivity index (χ2v) is 6.35. The summed E-state index contributed by atoms with van der Waals surface area (Å²) in [5.74, 6) is 2.37.